The van der Waals surface area contributed by atoms with Crippen molar-refractivity contribution in [2.75, 3.05) is 18.5 Å². The van der Waals surface area contributed by atoms with Crippen molar-refractivity contribution in [1.82, 2.24) is 10.3 Å². The fraction of sp³-hybridized carbons (Fsp3) is 0.333. The molecule has 3 rings (SSSR count). The molecule has 1 aliphatic heterocycles. The lowest BCUT2D eigenvalue weighted by molar-refractivity contribution is -0.137. The number of hydrogen-bond acceptors (Lipinski definition) is 4. The summed E-state index contributed by atoms with van der Waals surface area (Å²) in [4.78, 5) is 16.2. The van der Waals surface area contributed by atoms with Crippen molar-refractivity contribution in [3.05, 3.63) is 53.7 Å². The van der Waals surface area contributed by atoms with Crippen LogP contribution < -0.4 is 10.6 Å². The fourth-order valence-electron chi connectivity index (χ4n) is 2.64. The second kappa shape index (κ2) is 7.74. The molecule has 1 aliphatic rings. The Morgan fingerprint density at radius 2 is 2.12 bits per heavy atom. The van der Waals surface area contributed by atoms with E-state index in [9.17, 15) is 18.0 Å². The molecule has 1 atom stereocenters. The molecule has 8 heteroatoms. The van der Waals surface area contributed by atoms with Crippen LogP contribution in [0, 0.1) is 0 Å². The minimum absolute atomic E-state index is 0.0498. The van der Waals surface area contributed by atoms with Gasteiger partial charge in [-0.05, 0) is 43.2 Å². The highest BCUT2D eigenvalue weighted by molar-refractivity contribution is 5.94. The van der Waals surface area contributed by atoms with E-state index < -0.39 is 11.7 Å². The summed E-state index contributed by atoms with van der Waals surface area (Å²) < 4.78 is 43.6. The summed E-state index contributed by atoms with van der Waals surface area (Å²) in [5.74, 6) is 0.0821. The Hall–Kier alpha value is -2.61. The molecule has 2 N–H and O–H groups in total. The number of nitrogens with one attached hydrogen (secondary N) is 2. The van der Waals surface area contributed by atoms with Crippen LogP contribution in [0.2, 0.25) is 0 Å². The van der Waals surface area contributed by atoms with Crippen molar-refractivity contribution < 1.29 is 22.7 Å². The maximum atomic E-state index is 12.7. The van der Waals surface area contributed by atoms with Gasteiger partial charge in [0, 0.05) is 25.0 Å². The number of anilines is 2. The summed E-state index contributed by atoms with van der Waals surface area (Å²) in [6.45, 7) is 1.17. The summed E-state index contributed by atoms with van der Waals surface area (Å²) in [5, 5.41) is 5.58. The van der Waals surface area contributed by atoms with E-state index in [2.05, 4.69) is 15.6 Å². The molecule has 1 amide bonds. The van der Waals surface area contributed by atoms with E-state index in [0.29, 0.717) is 17.9 Å². The predicted octanol–water partition coefficient (Wildman–Crippen LogP) is 3.75. The third-order valence-electron chi connectivity index (χ3n) is 4.00. The monoisotopic (exact) mass is 365 g/mol. The number of ether oxygens (including phenoxy) is 1. The van der Waals surface area contributed by atoms with Gasteiger partial charge >= 0.3 is 6.18 Å². The van der Waals surface area contributed by atoms with E-state index in [1.165, 1.54) is 18.3 Å². The summed E-state index contributed by atoms with van der Waals surface area (Å²) >= 11 is 0. The first-order valence-corrected chi connectivity index (χ1v) is 8.22. The topological polar surface area (TPSA) is 63.2 Å². The molecule has 138 valence electrons. The number of alkyl halides is 3. The van der Waals surface area contributed by atoms with Gasteiger partial charge in [0.25, 0.3) is 5.91 Å². The number of halogens is 3. The summed E-state index contributed by atoms with van der Waals surface area (Å²) in [6.07, 6.45) is -1.05. The molecule has 0 saturated carbocycles. The lowest BCUT2D eigenvalue weighted by atomic mass is 10.2. The van der Waals surface area contributed by atoms with E-state index in [4.69, 9.17) is 4.74 Å². The van der Waals surface area contributed by atoms with Crippen LogP contribution in [0.1, 0.15) is 28.8 Å². The molecule has 0 spiro atoms. The molecule has 1 aromatic carbocycles. The Labute approximate surface area is 148 Å². The van der Waals surface area contributed by atoms with Crippen LogP contribution in [0.3, 0.4) is 0 Å². The molecule has 2 aromatic rings. The van der Waals surface area contributed by atoms with E-state index in [1.807, 2.05) is 0 Å². The lowest BCUT2D eigenvalue weighted by Gasteiger charge is -2.12. The average molecular weight is 365 g/mol. The molecule has 0 radical (unpaired) electrons. The van der Waals surface area contributed by atoms with Gasteiger partial charge in [-0.3, -0.25) is 4.79 Å². The summed E-state index contributed by atoms with van der Waals surface area (Å²) in [7, 11) is 0. The smallest absolute Gasteiger partial charge is 0.376 e. The number of amides is 1. The largest absolute Gasteiger partial charge is 0.416 e. The van der Waals surface area contributed by atoms with Gasteiger partial charge in [0.2, 0.25) is 0 Å². The van der Waals surface area contributed by atoms with Gasteiger partial charge in [-0.1, -0.05) is 6.07 Å². The number of carbonyl (C=O) groups is 1. The van der Waals surface area contributed by atoms with Crippen LogP contribution in [-0.2, 0) is 10.9 Å². The zero-order valence-corrected chi connectivity index (χ0v) is 13.8. The van der Waals surface area contributed by atoms with Gasteiger partial charge < -0.3 is 15.4 Å². The maximum Gasteiger partial charge on any atom is 0.416 e. The van der Waals surface area contributed by atoms with E-state index in [0.717, 1.165) is 31.6 Å². The van der Waals surface area contributed by atoms with Crippen LogP contribution in [0.5, 0.6) is 0 Å². The van der Waals surface area contributed by atoms with Crippen LogP contribution in [0.4, 0.5) is 24.7 Å². The number of pyridine rings is 1. The molecule has 2 heterocycles. The average Bonchev–Trinajstić information content (AvgIpc) is 3.13. The molecule has 1 saturated heterocycles. The molecule has 0 aliphatic carbocycles. The van der Waals surface area contributed by atoms with E-state index in [1.54, 1.807) is 12.1 Å². The number of rotatable bonds is 5. The highest BCUT2D eigenvalue weighted by atomic mass is 19.4. The number of nitrogens with zero attached hydrogens (tertiary/aromatic N) is 1. The van der Waals surface area contributed by atoms with Crippen molar-refractivity contribution in [2.24, 2.45) is 0 Å². The van der Waals surface area contributed by atoms with Gasteiger partial charge in [-0.25, -0.2) is 4.98 Å². The molecule has 5 nitrogen and oxygen atoms in total. The van der Waals surface area contributed by atoms with Gasteiger partial charge in [0.15, 0.2) is 0 Å². The minimum Gasteiger partial charge on any atom is -0.376 e. The van der Waals surface area contributed by atoms with Crippen molar-refractivity contribution in [1.29, 1.82) is 0 Å². The van der Waals surface area contributed by atoms with Crippen molar-refractivity contribution in [3.8, 4) is 0 Å². The van der Waals surface area contributed by atoms with Crippen LogP contribution >= 0.6 is 0 Å². The number of benzene rings is 1. The predicted molar refractivity (Wildman–Crippen MR) is 90.3 cm³/mol. The number of carbonyl (C=O) groups excluding carboxylic acids is 1. The normalized spacial score (nSPS) is 17.1. The Balaban J connectivity index is 1.59. The maximum absolute atomic E-state index is 12.7. The van der Waals surface area contributed by atoms with Gasteiger partial charge in [-0.2, -0.15) is 13.2 Å². The quantitative estimate of drug-likeness (QED) is 0.847. The van der Waals surface area contributed by atoms with Crippen molar-refractivity contribution >= 4 is 17.4 Å². The summed E-state index contributed by atoms with van der Waals surface area (Å²) in [5.41, 5.74) is -0.104. The third kappa shape index (κ3) is 4.72. The van der Waals surface area contributed by atoms with Crippen molar-refractivity contribution in [3.63, 3.8) is 0 Å². The lowest BCUT2D eigenvalue weighted by Crippen LogP contribution is -2.31. The molecule has 1 fully saturated rings. The standard InChI is InChI=1S/C18H18F3N3O2/c19-18(20,21)13-3-1-4-14(9-13)24-16-7-6-12(10-22-16)17(25)23-11-15-5-2-8-26-15/h1,3-4,6-7,9-10,15H,2,5,8,11H2,(H,22,24)(H,23,25). The third-order valence-corrected chi connectivity index (χ3v) is 4.00. The molecule has 1 unspecified atom stereocenters. The first kappa shape index (κ1) is 18.2. The molecular weight excluding hydrogens is 347 g/mol. The van der Waals surface area contributed by atoms with Crippen molar-refractivity contribution in [2.45, 2.75) is 25.1 Å². The Morgan fingerprint density at radius 3 is 2.77 bits per heavy atom. The van der Waals surface area contributed by atoms with Crippen LogP contribution in [0.25, 0.3) is 0 Å². The molecular formula is C18H18F3N3O2. The van der Waals surface area contributed by atoms with Crippen LogP contribution in [0.15, 0.2) is 42.6 Å². The first-order valence-electron chi connectivity index (χ1n) is 8.22. The minimum atomic E-state index is -4.41. The fourth-order valence-corrected chi connectivity index (χ4v) is 2.64. The second-order valence-electron chi connectivity index (χ2n) is 5.98. The van der Waals surface area contributed by atoms with Gasteiger partial charge in [0.1, 0.15) is 5.82 Å². The molecule has 1 aromatic heterocycles. The first-order chi connectivity index (χ1) is 12.4. The SMILES string of the molecule is O=C(NCC1CCCO1)c1ccc(Nc2cccc(C(F)(F)F)c2)nc1. The highest BCUT2D eigenvalue weighted by Gasteiger charge is 2.30. The zero-order chi connectivity index (χ0) is 18.6. The second-order valence-corrected chi connectivity index (χ2v) is 5.98. The van der Waals surface area contributed by atoms with Gasteiger partial charge in [-0.15, -0.1) is 0 Å². The van der Waals surface area contributed by atoms with E-state index >= 15 is 0 Å². The Kier molecular flexibility index (Phi) is 5.41. The Bertz CT molecular complexity index is 757. The molecule has 26 heavy (non-hydrogen) atoms. The van der Waals surface area contributed by atoms with Gasteiger partial charge in [0.05, 0.1) is 17.2 Å². The van der Waals surface area contributed by atoms with E-state index in [-0.39, 0.29) is 17.7 Å². The summed E-state index contributed by atoms with van der Waals surface area (Å²) in [6, 6.07) is 7.94. The number of aromatic nitrogens is 1. The highest BCUT2D eigenvalue weighted by Crippen LogP contribution is 2.31. The molecule has 0 bridgehead atoms. The zero-order valence-electron chi connectivity index (χ0n) is 13.8. The number of hydrogen-bond donors (Lipinski definition) is 2. The van der Waals surface area contributed by atoms with Crippen LogP contribution in [-0.4, -0.2) is 30.1 Å². The Morgan fingerprint density at radius 1 is 1.27 bits per heavy atom.